The van der Waals surface area contributed by atoms with Crippen LogP contribution in [0.4, 0.5) is 10.5 Å². The van der Waals surface area contributed by atoms with Crippen molar-refractivity contribution in [1.29, 1.82) is 0 Å². The SMILES string of the molecule is Cc1ccc(NC(=O)NCC2(O)CCC(C)CC2)cc1Cl. The number of aliphatic hydroxyl groups is 1. The highest BCUT2D eigenvalue weighted by Gasteiger charge is 2.31. The molecule has 3 N–H and O–H groups in total. The van der Waals surface area contributed by atoms with Gasteiger partial charge in [0, 0.05) is 17.3 Å². The van der Waals surface area contributed by atoms with Gasteiger partial charge in [-0.2, -0.15) is 0 Å². The summed E-state index contributed by atoms with van der Waals surface area (Å²) in [5, 5.41) is 16.5. The smallest absolute Gasteiger partial charge is 0.319 e. The zero-order valence-electron chi connectivity index (χ0n) is 12.6. The molecule has 1 saturated carbocycles. The van der Waals surface area contributed by atoms with Crippen molar-refractivity contribution in [3.63, 3.8) is 0 Å². The Kier molecular flexibility index (Phi) is 5.12. The van der Waals surface area contributed by atoms with E-state index >= 15 is 0 Å². The Hall–Kier alpha value is -1.26. The van der Waals surface area contributed by atoms with Gasteiger partial charge in [-0.1, -0.05) is 24.6 Å². The molecule has 0 heterocycles. The van der Waals surface area contributed by atoms with Crippen LogP contribution < -0.4 is 10.6 Å². The van der Waals surface area contributed by atoms with Gasteiger partial charge in [-0.05, 0) is 56.2 Å². The van der Waals surface area contributed by atoms with Crippen molar-refractivity contribution in [3.8, 4) is 0 Å². The van der Waals surface area contributed by atoms with Crippen molar-refractivity contribution in [2.45, 2.75) is 45.1 Å². The first kappa shape index (κ1) is 16.1. The lowest BCUT2D eigenvalue weighted by atomic mass is 9.79. The van der Waals surface area contributed by atoms with E-state index < -0.39 is 5.60 Å². The maximum absolute atomic E-state index is 11.9. The third kappa shape index (κ3) is 4.61. The van der Waals surface area contributed by atoms with Gasteiger partial charge in [0.25, 0.3) is 0 Å². The molecule has 2 amide bonds. The fourth-order valence-corrected chi connectivity index (χ4v) is 2.75. The van der Waals surface area contributed by atoms with Gasteiger partial charge >= 0.3 is 6.03 Å². The number of hydrogen-bond acceptors (Lipinski definition) is 2. The number of carbonyl (C=O) groups excluding carboxylic acids is 1. The molecule has 5 heteroatoms. The van der Waals surface area contributed by atoms with E-state index in [9.17, 15) is 9.90 Å². The number of hydrogen-bond donors (Lipinski definition) is 3. The summed E-state index contributed by atoms with van der Waals surface area (Å²) in [6.45, 7) is 4.39. The zero-order chi connectivity index (χ0) is 15.5. The van der Waals surface area contributed by atoms with E-state index in [1.807, 2.05) is 13.0 Å². The minimum atomic E-state index is -0.769. The van der Waals surface area contributed by atoms with Crippen LogP contribution in [0, 0.1) is 12.8 Å². The number of nitrogens with one attached hydrogen (secondary N) is 2. The van der Waals surface area contributed by atoms with Crippen LogP contribution in [0.5, 0.6) is 0 Å². The molecule has 4 nitrogen and oxygen atoms in total. The Bertz CT molecular complexity index is 511. The quantitative estimate of drug-likeness (QED) is 0.797. The summed E-state index contributed by atoms with van der Waals surface area (Å²) in [7, 11) is 0. The summed E-state index contributed by atoms with van der Waals surface area (Å²) in [6, 6.07) is 5.06. The molecule has 0 aliphatic heterocycles. The van der Waals surface area contributed by atoms with Gasteiger partial charge in [-0.3, -0.25) is 0 Å². The Morgan fingerprint density at radius 1 is 1.43 bits per heavy atom. The van der Waals surface area contributed by atoms with Crippen LogP contribution in [-0.4, -0.2) is 23.3 Å². The summed E-state index contributed by atoms with van der Waals surface area (Å²) >= 11 is 6.02. The molecular formula is C16H23ClN2O2. The molecule has 0 aromatic heterocycles. The summed E-state index contributed by atoms with van der Waals surface area (Å²) in [4.78, 5) is 11.9. The molecule has 1 aliphatic carbocycles. The van der Waals surface area contributed by atoms with Gasteiger partial charge in [0.1, 0.15) is 0 Å². The topological polar surface area (TPSA) is 61.4 Å². The minimum Gasteiger partial charge on any atom is -0.388 e. The van der Waals surface area contributed by atoms with Gasteiger partial charge in [-0.25, -0.2) is 4.79 Å². The van der Waals surface area contributed by atoms with Crippen LogP contribution in [0.25, 0.3) is 0 Å². The van der Waals surface area contributed by atoms with E-state index in [4.69, 9.17) is 11.6 Å². The van der Waals surface area contributed by atoms with E-state index in [1.54, 1.807) is 12.1 Å². The number of benzene rings is 1. The lowest BCUT2D eigenvalue weighted by Gasteiger charge is -2.34. The maximum Gasteiger partial charge on any atom is 0.319 e. The van der Waals surface area contributed by atoms with Gasteiger partial charge in [-0.15, -0.1) is 0 Å². The fraction of sp³-hybridized carbons (Fsp3) is 0.562. The van der Waals surface area contributed by atoms with E-state index in [0.29, 0.717) is 16.6 Å². The Morgan fingerprint density at radius 2 is 2.10 bits per heavy atom. The molecule has 0 radical (unpaired) electrons. The summed E-state index contributed by atoms with van der Waals surface area (Å²) in [5.41, 5.74) is 0.843. The molecule has 0 spiro atoms. The average Bonchev–Trinajstić information content (AvgIpc) is 2.45. The summed E-state index contributed by atoms with van der Waals surface area (Å²) < 4.78 is 0. The maximum atomic E-state index is 11.9. The van der Waals surface area contributed by atoms with Crippen LogP contribution >= 0.6 is 11.6 Å². The highest BCUT2D eigenvalue weighted by Crippen LogP contribution is 2.31. The molecule has 116 valence electrons. The number of amides is 2. The van der Waals surface area contributed by atoms with Crippen molar-refractivity contribution >= 4 is 23.3 Å². The monoisotopic (exact) mass is 310 g/mol. The van der Waals surface area contributed by atoms with Crippen LogP contribution in [0.1, 0.15) is 38.2 Å². The Labute approximate surface area is 130 Å². The third-order valence-electron chi connectivity index (χ3n) is 4.21. The van der Waals surface area contributed by atoms with Crippen LogP contribution in [-0.2, 0) is 0 Å². The second-order valence-corrected chi connectivity index (χ2v) is 6.59. The summed E-state index contributed by atoms with van der Waals surface area (Å²) in [6.07, 6.45) is 3.50. The van der Waals surface area contributed by atoms with Crippen LogP contribution in [0.3, 0.4) is 0 Å². The highest BCUT2D eigenvalue weighted by atomic mass is 35.5. The predicted octanol–water partition coefficient (Wildman–Crippen LogP) is 3.71. The first-order valence-electron chi connectivity index (χ1n) is 7.41. The molecule has 0 saturated heterocycles. The largest absolute Gasteiger partial charge is 0.388 e. The standard InChI is InChI=1S/C16H23ClN2O2/c1-11-5-7-16(21,8-6-11)10-18-15(20)19-13-4-3-12(2)14(17)9-13/h3-4,9,11,21H,5-8,10H2,1-2H3,(H2,18,19,20). The molecule has 0 unspecified atom stereocenters. The lowest BCUT2D eigenvalue weighted by molar-refractivity contribution is -0.00356. The molecule has 0 atom stereocenters. The average molecular weight is 311 g/mol. The molecule has 1 aromatic carbocycles. The van der Waals surface area contributed by atoms with E-state index in [0.717, 1.165) is 31.2 Å². The fourth-order valence-electron chi connectivity index (χ4n) is 2.57. The third-order valence-corrected chi connectivity index (χ3v) is 4.62. The van der Waals surface area contributed by atoms with Gasteiger partial charge in [0.15, 0.2) is 0 Å². The molecule has 1 aliphatic rings. The van der Waals surface area contributed by atoms with E-state index in [1.165, 1.54) is 0 Å². The van der Waals surface area contributed by atoms with Crippen molar-refractivity contribution < 1.29 is 9.90 Å². The molecular weight excluding hydrogens is 288 g/mol. The number of rotatable bonds is 3. The van der Waals surface area contributed by atoms with Gasteiger partial charge in [0.2, 0.25) is 0 Å². The number of urea groups is 1. The van der Waals surface area contributed by atoms with Gasteiger partial charge < -0.3 is 15.7 Å². The molecule has 21 heavy (non-hydrogen) atoms. The molecule has 1 fully saturated rings. The number of halogens is 1. The zero-order valence-corrected chi connectivity index (χ0v) is 13.3. The Balaban J connectivity index is 1.83. The number of aryl methyl sites for hydroxylation is 1. The first-order chi connectivity index (χ1) is 9.88. The normalized spacial score (nSPS) is 25.4. The van der Waals surface area contributed by atoms with Crippen molar-refractivity contribution in [2.24, 2.45) is 5.92 Å². The number of anilines is 1. The lowest BCUT2D eigenvalue weighted by Crippen LogP contribution is -2.46. The first-order valence-corrected chi connectivity index (χ1v) is 7.79. The van der Waals surface area contributed by atoms with Crippen molar-refractivity contribution in [1.82, 2.24) is 5.32 Å². The van der Waals surface area contributed by atoms with Crippen LogP contribution in [0.15, 0.2) is 18.2 Å². The van der Waals surface area contributed by atoms with E-state index in [-0.39, 0.29) is 12.6 Å². The van der Waals surface area contributed by atoms with Crippen molar-refractivity contribution in [3.05, 3.63) is 28.8 Å². The minimum absolute atomic E-state index is 0.283. The summed E-state index contributed by atoms with van der Waals surface area (Å²) in [5.74, 6) is 0.661. The molecule has 2 rings (SSSR count). The van der Waals surface area contributed by atoms with Crippen molar-refractivity contribution in [2.75, 3.05) is 11.9 Å². The predicted molar refractivity (Wildman–Crippen MR) is 85.8 cm³/mol. The molecule has 0 bridgehead atoms. The van der Waals surface area contributed by atoms with Crippen LogP contribution in [0.2, 0.25) is 5.02 Å². The van der Waals surface area contributed by atoms with Gasteiger partial charge in [0.05, 0.1) is 5.60 Å². The second kappa shape index (κ2) is 6.67. The molecule has 1 aromatic rings. The highest BCUT2D eigenvalue weighted by molar-refractivity contribution is 6.31. The Morgan fingerprint density at radius 3 is 2.71 bits per heavy atom. The second-order valence-electron chi connectivity index (χ2n) is 6.18. The number of carbonyl (C=O) groups is 1. The van der Waals surface area contributed by atoms with E-state index in [2.05, 4.69) is 17.6 Å².